The molecule has 1 amide bonds. The van der Waals surface area contributed by atoms with E-state index in [1.165, 1.54) is 0 Å². The summed E-state index contributed by atoms with van der Waals surface area (Å²) in [6.07, 6.45) is 0.943. The number of amides is 1. The normalized spacial score (nSPS) is 10.9. The third-order valence-electron chi connectivity index (χ3n) is 2.40. The van der Waals surface area contributed by atoms with Crippen molar-refractivity contribution in [3.63, 3.8) is 0 Å². The van der Waals surface area contributed by atoms with Crippen molar-refractivity contribution >= 4 is 17.2 Å². The Kier molecular flexibility index (Phi) is 5.58. The highest BCUT2D eigenvalue weighted by Crippen LogP contribution is 2.15. The maximum Gasteiger partial charge on any atom is 0.273 e. The predicted molar refractivity (Wildman–Crippen MR) is 71.5 cm³/mol. The van der Waals surface area contributed by atoms with Gasteiger partial charge in [0.2, 0.25) is 0 Å². The number of rotatable bonds is 6. The lowest BCUT2D eigenvalue weighted by molar-refractivity contribution is 0.0791. The minimum absolute atomic E-state index is 0.00602. The van der Waals surface area contributed by atoms with Crippen molar-refractivity contribution in [1.29, 1.82) is 0 Å². The Morgan fingerprint density at radius 3 is 2.88 bits per heavy atom. The zero-order valence-electron chi connectivity index (χ0n) is 11.0. The Bertz CT molecular complexity index is 362. The summed E-state index contributed by atoms with van der Waals surface area (Å²) in [5.74, 6) is 0.581. The van der Waals surface area contributed by atoms with E-state index in [-0.39, 0.29) is 5.91 Å². The van der Waals surface area contributed by atoms with Crippen LogP contribution in [0.15, 0.2) is 5.38 Å². The first-order valence-corrected chi connectivity index (χ1v) is 6.77. The van der Waals surface area contributed by atoms with Crippen LogP contribution < -0.4 is 5.32 Å². The second-order valence-electron chi connectivity index (χ2n) is 4.55. The summed E-state index contributed by atoms with van der Waals surface area (Å²) in [5.41, 5.74) is 0.573. The van der Waals surface area contributed by atoms with Crippen molar-refractivity contribution in [2.45, 2.75) is 20.3 Å². The van der Waals surface area contributed by atoms with E-state index in [0.29, 0.717) is 18.2 Å². The Morgan fingerprint density at radius 2 is 2.29 bits per heavy atom. The average Bonchev–Trinajstić information content (AvgIpc) is 2.72. The number of carbonyl (C=O) groups is 1. The third kappa shape index (κ3) is 4.44. The highest BCUT2D eigenvalue weighted by molar-refractivity contribution is 7.09. The van der Waals surface area contributed by atoms with Gasteiger partial charge in [0, 0.05) is 31.9 Å². The van der Waals surface area contributed by atoms with Crippen molar-refractivity contribution < 1.29 is 4.79 Å². The van der Waals surface area contributed by atoms with Crippen LogP contribution in [0, 0.1) is 5.92 Å². The van der Waals surface area contributed by atoms with Crippen molar-refractivity contribution in [3.8, 4) is 0 Å². The topological polar surface area (TPSA) is 45.2 Å². The fourth-order valence-electron chi connectivity index (χ4n) is 1.43. The van der Waals surface area contributed by atoms with Gasteiger partial charge in [-0.3, -0.25) is 4.79 Å². The minimum atomic E-state index is 0.00602. The Balaban J connectivity index is 2.59. The van der Waals surface area contributed by atoms with E-state index < -0.39 is 0 Å². The molecule has 1 N–H and O–H groups in total. The molecule has 0 unspecified atom stereocenters. The summed E-state index contributed by atoms with van der Waals surface area (Å²) in [7, 11) is 3.68. The summed E-state index contributed by atoms with van der Waals surface area (Å²) in [4.78, 5) is 18.1. The largest absolute Gasteiger partial charge is 0.339 e. The average molecular weight is 255 g/mol. The minimum Gasteiger partial charge on any atom is -0.339 e. The molecule has 1 aromatic rings. The van der Waals surface area contributed by atoms with Gasteiger partial charge in [0.05, 0.1) is 5.01 Å². The number of likely N-dealkylation sites (N-methyl/N-ethyl adjacent to an activating group) is 2. The Morgan fingerprint density at radius 1 is 1.59 bits per heavy atom. The fourth-order valence-corrected chi connectivity index (χ4v) is 2.41. The van der Waals surface area contributed by atoms with Crippen molar-refractivity contribution in [2.75, 3.05) is 27.2 Å². The first-order valence-electron chi connectivity index (χ1n) is 5.89. The molecule has 0 aliphatic rings. The van der Waals surface area contributed by atoms with Crippen molar-refractivity contribution in [3.05, 3.63) is 16.1 Å². The second-order valence-corrected chi connectivity index (χ2v) is 5.50. The molecular weight excluding hydrogens is 234 g/mol. The number of carbonyl (C=O) groups excluding carboxylic acids is 1. The summed E-state index contributed by atoms with van der Waals surface area (Å²) in [6, 6.07) is 0. The van der Waals surface area contributed by atoms with Crippen LogP contribution in [0.1, 0.15) is 29.3 Å². The molecule has 0 atom stereocenters. The number of hydrogen-bond acceptors (Lipinski definition) is 4. The molecule has 0 spiro atoms. The molecule has 1 aromatic heterocycles. The van der Waals surface area contributed by atoms with Crippen LogP contribution in [0.3, 0.4) is 0 Å². The maximum absolute atomic E-state index is 12.0. The first-order chi connectivity index (χ1) is 8.04. The molecule has 0 radical (unpaired) electrons. The maximum atomic E-state index is 12.0. The number of thiazole rings is 1. The number of hydrogen-bond donors (Lipinski definition) is 1. The predicted octanol–water partition coefficient (Wildman–Crippen LogP) is 1.63. The van der Waals surface area contributed by atoms with Gasteiger partial charge in [-0.1, -0.05) is 13.8 Å². The zero-order chi connectivity index (χ0) is 12.8. The number of nitrogens with zero attached hydrogens (tertiary/aromatic N) is 2. The van der Waals surface area contributed by atoms with E-state index in [9.17, 15) is 4.79 Å². The van der Waals surface area contributed by atoms with Gasteiger partial charge in [-0.05, 0) is 13.0 Å². The molecule has 1 rings (SSSR count). The smallest absolute Gasteiger partial charge is 0.273 e. The Labute approximate surface area is 107 Å². The molecule has 17 heavy (non-hydrogen) atoms. The van der Waals surface area contributed by atoms with Crippen LogP contribution in [0.5, 0.6) is 0 Å². The lowest BCUT2D eigenvalue weighted by atomic mass is 10.1. The Hall–Kier alpha value is -0.940. The van der Waals surface area contributed by atoms with Gasteiger partial charge in [0.15, 0.2) is 0 Å². The number of aromatic nitrogens is 1. The summed E-state index contributed by atoms with van der Waals surface area (Å²) in [5, 5.41) is 5.93. The van der Waals surface area contributed by atoms with Crippen LogP contribution in [0.4, 0.5) is 0 Å². The third-order valence-corrected chi connectivity index (χ3v) is 3.27. The van der Waals surface area contributed by atoms with E-state index in [0.717, 1.165) is 18.0 Å². The van der Waals surface area contributed by atoms with Gasteiger partial charge in [-0.15, -0.1) is 11.3 Å². The van der Waals surface area contributed by atoms with Crippen LogP contribution in [-0.2, 0) is 6.42 Å². The molecule has 0 saturated heterocycles. The molecule has 96 valence electrons. The lowest BCUT2D eigenvalue weighted by Crippen LogP contribution is -2.32. The SMILES string of the molecule is CNCCN(C)C(=O)c1csc(CC(C)C)n1. The quantitative estimate of drug-likeness (QED) is 0.840. The summed E-state index contributed by atoms with van der Waals surface area (Å²) in [6.45, 7) is 5.81. The molecule has 0 aromatic carbocycles. The van der Waals surface area contributed by atoms with Gasteiger partial charge in [0.25, 0.3) is 5.91 Å². The van der Waals surface area contributed by atoms with Crippen LogP contribution in [-0.4, -0.2) is 43.0 Å². The van der Waals surface area contributed by atoms with Crippen LogP contribution in [0.25, 0.3) is 0 Å². The molecule has 5 heteroatoms. The standard InChI is InChI=1S/C12H21N3OS/c1-9(2)7-11-14-10(8-17-11)12(16)15(4)6-5-13-3/h8-9,13H,5-7H2,1-4H3. The second kappa shape index (κ2) is 6.71. The van der Waals surface area contributed by atoms with Gasteiger partial charge in [-0.25, -0.2) is 4.98 Å². The highest BCUT2D eigenvalue weighted by atomic mass is 32.1. The lowest BCUT2D eigenvalue weighted by Gasteiger charge is -2.15. The fraction of sp³-hybridized carbons (Fsp3) is 0.667. The van der Waals surface area contributed by atoms with E-state index in [4.69, 9.17) is 0 Å². The van der Waals surface area contributed by atoms with E-state index in [2.05, 4.69) is 24.1 Å². The molecule has 0 bridgehead atoms. The molecule has 0 saturated carbocycles. The van der Waals surface area contributed by atoms with Crippen LogP contribution >= 0.6 is 11.3 Å². The van der Waals surface area contributed by atoms with Gasteiger partial charge < -0.3 is 10.2 Å². The zero-order valence-corrected chi connectivity index (χ0v) is 11.8. The van der Waals surface area contributed by atoms with Crippen LogP contribution in [0.2, 0.25) is 0 Å². The molecular formula is C12H21N3OS. The molecule has 0 aliphatic carbocycles. The molecule has 1 heterocycles. The van der Waals surface area contributed by atoms with Gasteiger partial charge in [0.1, 0.15) is 5.69 Å². The molecule has 4 nitrogen and oxygen atoms in total. The first kappa shape index (κ1) is 14.1. The van der Waals surface area contributed by atoms with Gasteiger partial charge in [-0.2, -0.15) is 0 Å². The number of nitrogens with one attached hydrogen (secondary N) is 1. The van der Waals surface area contributed by atoms with E-state index in [1.54, 1.807) is 23.3 Å². The van der Waals surface area contributed by atoms with Gasteiger partial charge >= 0.3 is 0 Å². The monoisotopic (exact) mass is 255 g/mol. The van der Waals surface area contributed by atoms with E-state index in [1.807, 2.05) is 12.4 Å². The molecule has 0 aliphatic heterocycles. The summed E-state index contributed by atoms with van der Waals surface area (Å²) >= 11 is 1.57. The molecule has 0 fully saturated rings. The van der Waals surface area contributed by atoms with Crippen molar-refractivity contribution in [1.82, 2.24) is 15.2 Å². The summed E-state index contributed by atoms with van der Waals surface area (Å²) < 4.78 is 0. The highest BCUT2D eigenvalue weighted by Gasteiger charge is 2.15. The van der Waals surface area contributed by atoms with Crippen molar-refractivity contribution in [2.24, 2.45) is 5.92 Å². The van der Waals surface area contributed by atoms with E-state index >= 15 is 0 Å².